The SMILES string of the molecule is Cc1cc(C)c(NC(=O)COC(=O)c2cn3ccccc3n2)c(C)c1. The molecule has 0 radical (unpaired) electrons. The zero-order valence-corrected chi connectivity index (χ0v) is 14.4. The molecule has 6 nitrogen and oxygen atoms in total. The normalized spacial score (nSPS) is 10.7. The summed E-state index contributed by atoms with van der Waals surface area (Å²) in [4.78, 5) is 28.3. The smallest absolute Gasteiger partial charge is 0.359 e. The highest BCUT2D eigenvalue weighted by atomic mass is 16.5. The minimum Gasteiger partial charge on any atom is -0.451 e. The predicted octanol–water partition coefficient (Wildman–Crippen LogP) is 3.06. The van der Waals surface area contributed by atoms with Gasteiger partial charge in [0.2, 0.25) is 0 Å². The number of pyridine rings is 1. The van der Waals surface area contributed by atoms with Gasteiger partial charge in [0.05, 0.1) is 0 Å². The van der Waals surface area contributed by atoms with Crippen molar-refractivity contribution in [1.29, 1.82) is 0 Å². The second-order valence-electron chi connectivity index (χ2n) is 5.99. The van der Waals surface area contributed by atoms with Crippen LogP contribution in [0.2, 0.25) is 0 Å². The molecule has 1 N–H and O–H groups in total. The first kappa shape index (κ1) is 16.7. The van der Waals surface area contributed by atoms with Gasteiger partial charge in [-0.1, -0.05) is 23.8 Å². The number of aromatic nitrogens is 2. The van der Waals surface area contributed by atoms with E-state index in [1.807, 2.05) is 45.0 Å². The molecule has 0 saturated heterocycles. The molecule has 0 aliphatic carbocycles. The average molecular weight is 337 g/mol. The summed E-state index contributed by atoms with van der Waals surface area (Å²) in [6.07, 6.45) is 3.36. The second kappa shape index (κ2) is 6.76. The molecular formula is C19H19N3O3. The van der Waals surface area contributed by atoms with Crippen LogP contribution in [0.1, 0.15) is 27.2 Å². The summed E-state index contributed by atoms with van der Waals surface area (Å²) < 4.78 is 6.79. The number of esters is 1. The number of fused-ring (bicyclic) bond motifs is 1. The molecule has 3 rings (SSSR count). The van der Waals surface area contributed by atoms with Crippen molar-refractivity contribution in [2.45, 2.75) is 20.8 Å². The number of benzene rings is 1. The van der Waals surface area contributed by atoms with E-state index in [4.69, 9.17) is 4.74 Å². The Bertz CT molecular complexity index is 903. The van der Waals surface area contributed by atoms with Gasteiger partial charge in [0, 0.05) is 18.1 Å². The van der Waals surface area contributed by atoms with E-state index in [1.54, 1.807) is 22.9 Å². The van der Waals surface area contributed by atoms with Crippen LogP contribution in [0.5, 0.6) is 0 Å². The number of aryl methyl sites for hydroxylation is 3. The van der Waals surface area contributed by atoms with Crippen LogP contribution in [0.25, 0.3) is 5.65 Å². The van der Waals surface area contributed by atoms with Crippen molar-refractivity contribution < 1.29 is 14.3 Å². The quantitative estimate of drug-likeness (QED) is 0.743. The van der Waals surface area contributed by atoms with E-state index >= 15 is 0 Å². The first-order chi connectivity index (χ1) is 11.9. The summed E-state index contributed by atoms with van der Waals surface area (Å²) in [5.41, 5.74) is 4.63. The van der Waals surface area contributed by atoms with Crippen LogP contribution in [0.15, 0.2) is 42.7 Å². The van der Waals surface area contributed by atoms with Gasteiger partial charge in [-0.3, -0.25) is 4.79 Å². The molecule has 0 aliphatic heterocycles. The lowest BCUT2D eigenvalue weighted by molar-refractivity contribution is -0.119. The average Bonchev–Trinajstić information content (AvgIpc) is 3.00. The minimum absolute atomic E-state index is 0.168. The number of hydrogen-bond donors (Lipinski definition) is 1. The van der Waals surface area contributed by atoms with Gasteiger partial charge < -0.3 is 14.5 Å². The van der Waals surface area contributed by atoms with Gasteiger partial charge in [-0.25, -0.2) is 9.78 Å². The Hall–Kier alpha value is -3.15. The van der Waals surface area contributed by atoms with Gasteiger partial charge >= 0.3 is 5.97 Å². The lowest BCUT2D eigenvalue weighted by Gasteiger charge is -2.12. The number of amides is 1. The topological polar surface area (TPSA) is 72.7 Å². The number of hydrogen-bond acceptors (Lipinski definition) is 4. The summed E-state index contributed by atoms with van der Waals surface area (Å²) in [6.45, 7) is 5.50. The Labute approximate surface area is 145 Å². The van der Waals surface area contributed by atoms with Crippen LogP contribution in [-0.4, -0.2) is 27.9 Å². The number of anilines is 1. The molecule has 2 aromatic heterocycles. The number of rotatable bonds is 4. The highest BCUT2D eigenvalue weighted by Crippen LogP contribution is 2.21. The Morgan fingerprint density at radius 2 is 1.88 bits per heavy atom. The summed E-state index contributed by atoms with van der Waals surface area (Å²) >= 11 is 0. The molecular weight excluding hydrogens is 318 g/mol. The second-order valence-corrected chi connectivity index (χ2v) is 5.99. The Morgan fingerprint density at radius 1 is 1.16 bits per heavy atom. The van der Waals surface area contributed by atoms with E-state index in [2.05, 4.69) is 10.3 Å². The standard InChI is InChI=1S/C19H19N3O3/c1-12-8-13(2)18(14(3)9-12)21-17(23)11-25-19(24)15-10-22-7-5-4-6-16(22)20-15/h4-10H,11H2,1-3H3,(H,21,23). The molecule has 2 heterocycles. The van der Waals surface area contributed by atoms with Gasteiger partial charge in [0.1, 0.15) is 5.65 Å². The third-order valence-corrected chi connectivity index (χ3v) is 3.85. The summed E-state index contributed by atoms with van der Waals surface area (Å²) in [6, 6.07) is 9.43. The van der Waals surface area contributed by atoms with Crippen LogP contribution in [0, 0.1) is 20.8 Å². The lowest BCUT2D eigenvalue weighted by atomic mass is 10.1. The van der Waals surface area contributed by atoms with Crippen molar-refractivity contribution in [3.05, 3.63) is 65.1 Å². The monoisotopic (exact) mass is 337 g/mol. The maximum atomic E-state index is 12.1. The molecule has 1 aromatic carbocycles. The van der Waals surface area contributed by atoms with Crippen molar-refractivity contribution in [1.82, 2.24) is 9.38 Å². The Balaban J connectivity index is 1.63. The maximum Gasteiger partial charge on any atom is 0.359 e. The van der Waals surface area contributed by atoms with Crippen LogP contribution >= 0.6 is 0 Å². The fourth-order valence-electron chi connectivity index (χ4n) is 2.79. The van der Waals surface area contributed by atoms with Crippen molar-refractivity contribution in [3.8, 4) is 0 Å². The molecule has 1 amide bonds. The van der Waals surface area contributed by atoms with Crippen LogP contribution in [0.3, 0.4) is 0 Å². The summed E-state index contributed by atoms with van der Waals surface area (Å²) in [5.74, 6) is -1.01. The number of nitrogens with zero attached hydrogens (tertiary/aromatic N) is 2. The number of nitrogens with one attached hydrogen (secondary N) is 1. The molecule has 6 heteroatoms. The lowest BCUT2D eigenvalue weighted by Crippen LogP contribution is -2.22. The molecule has 0 bridgehead atoms. The molecule has 0 fully saturated rings. The van der Waals surface area contributed by atoms with E-state index in [0.29, 0.717) is 5.65 Å². The molecule has 25 heavy (non-hydrogen) atoms. The van der Waals surface area contributed by atoms with Crippen molar-refractivity contribution in [2.24, 2.45) is 0 Å². The molecule has 0 unspecified atom stereocenters. The molecule has 3 aromatic rings. The van der Waals surface area contributed by atoms with Crippen LogP contribution in [0.4, 0.5) is 5.69 Å². The maximum absolute atomic E-state index is 12.1. The van der Waals surface area contributed by atoms with Gasteiger partial charge in [0.15, 0.2) is 12.3 Å². The van der Waals surface area contributed by atoms with Crippen molar-refractivity contribution >= 4 is 23.2 Å². The van der Waals surface area contributed by atoms with Crippen LogP contribution in [-0.2, 0) is 9.53 Å². The fourth-order valence-corrected chi connectivity index (χ4v) is 2.79. The highest BCUT2D eigenvalue weighted by molar-refractivity contribution is 5.96. The van der Waals surface area contributed by atoms with Crippen molar-refractivity contribution in [3.63, 3.8) is 0 Å². The molecule has 0 spiro atoms. The molecule has 128 valence electrons. The molecule has 0 atom stereocenters. The van der Waals surface area contributed by atoms with Crippen molar-refractivity contribution in [2.75, 3.05) is 11.9 Å². The van der Waals surface area contributed by atoms with Crippen LogP contribution < -0.4 is 5.32 Å². The largest absolute Gasteiger partial charge is 0.451 e. The first-order valence-corrected chi connectivity index (χ1v) is 7.92. The molecule has 0 aliphatic rings. The van der Waals surface area contributed by atoms with E-state index < -0.39 is 5.97 Å². The third kappa shape index (κ3) is 3.68. The Kier molecular flexibility index (Phi) is 4.52. The number of ether oxygens (including phenoxy) is 1. The van der Waals surface area contributed by atoms with E-state index in [-0.39, 0.29) is 18.2 Å². The third-order valence-electron chi connectivity index (χ3n) is 3.85. The van der Waals surface area contributed by atoms with Gasteiger partial charge in [-0.15, -0.1) is 0 Å². The summed E-state index contributed by atoms with van der Waals surface area (Å²) in [7, 11) is 0. The Morgan fingerprint density at radius 3 is 2.56 bits per heavy atom. The van der Waals surface area contributed by atoms with E-state index in [1.165, 1.54) is 0 Å². The highest BCUT2D eigenvalue weighted by Gasteiger charge is 2.15. The van der Waals surface area contributed by atoms with Gasteiger partial charge in [-0.05, 0) is 44.0 Å². The van der Waals surface area contributed by atoms with E-state index in [0.717, 1.165) is 22.4 Å². The number of carbonyl (C=O) groups is 2. The number of imidazole rings is 1. The fraction of sp³-hybridized carbons (Fsp3) is 0.211. The zero-order chi connectivity index (χ0) is 18.0. The van der Waals surface area contributed by atoms with Gasteiger partial charge in [0.25, 0.3) is 5.91 Å². The first-order valence-electron chi connectivity index (χ1n) is 7.92. The zero-order valence-electron chi connectivity index (χ0n) is 14.4. The predicted molar refractivity (Wildman–Crippen MR) is 94.8 cm³/mol. The number of carbonyl (C=O) groups excluding carboxylic acids is 2. The summed E-state index contributed by atoms with van der Waals surface area (Å²) in [5, 5.41) is 2.80. The minimum atomic E-state index is -0.629. The molecule has 0 saturated carbocycles. The van der Waals surface area contributed by atoms with Gasteiger partial charge in [-0.2, -0.15) is 0 Å². The van der Waals surface area contributed by atoms with E-state index in [9.17, 15) is 9.59 Å².